The molecule has 0 spiro atoms. The van der Waals surface area contributed by atoms with Crippen molar-refractivity contribution in [2.24, 2.45) is 0 Å². The quantitative estimate of drug-likeness (QED) is 0.580. The van der Waals surface area contributed by atoms with Crippen molar-refractivity contribution in [2.75, 3.05) is 6.61 Å². The van der Waals surface area contributed by atoms with Crippen molar-refractivity contribution in [3.05, 3.63) is 35.4 Å². The van der Waals surface area contributed by atoms with Crippen LogP contribution >= 0.6 is 0 Å². The van der Waals surface area contributed by atoms with Gasteiger partial charge < -0.3 is 20.3 Å². The summed E-state index contributed by atoms with van der Waals surface area (Å²) >= 11 is 0. The Morgan fingerprint density at radius 2 is 1.48 bits per heavy atom. The third kappa shape index (κ3) is 8.21. The molecule has 3 aliphatic rings. The molecule has 2 unspecified atom stereocenters. The first-order valence-electron chi connectivity index (χ1n) is 12.5. The Kier molecular flexibility index (Phi) is 10.3. The maximum absolute atomic E-state index is 10.7. The fraction of sp³-hybridized carbons (Fsp3) is 0.731. The Hall–Kier alpha value is -1.43. The van der Waals surface area contributed by atoms with Crippen molar-refractivity contribution >= 4 is 5.97 Å². The van der Waals surface area contributed by atoms with Gasteiger partial charge in [-0.2, -0.15) is 0 Å². The van der Waals surface area contributed by atoms with Crippen molar-refractivity contribution in [1.82, 2.24) is 5.32 Å². The van der Waals surface area contributed by atoms with Crippen LogP contribution in [0.25, 0.3) is 0 Å². The van der Waals surface area contributed by atoms with Crippen LogP contribution in [0.3, 0.4) is 0 Å². The zero-order chi connectivity index (χ0) is 21.9. The highest BCUT2D eigenvalue weighted by atomic mass is 16.5. The van der Waals surface area contributed by atoms with Crippen LogP contribution in [0.1, 0.15) is 101 Å². The van der Waals surface area contributed by atoms with Crippen LogP contribution in [0.2, 0.25) is 0 Å². The van der Waals surface area contributed by atoms with Crippen molar-refractivity contribution in [1.29, 1.82) is 0 Å². The first-order valence-corrected chi connectivity index (χ1v) is 12.5. The van der Waals surface area contributed by atoms with Crippen molar-refractivity contribution in [3.63, 3.8) is 0 Å². The number of hydrogen-bond acceptors (Lipinski definition) is 4. The molecule has 4 rings (SSSR count). The Balaban J connectivity index is 0.000000185. The molecule has 5 nitrogen and oxygen atoms in total. The molecule has 1 saturated heterocycles. The molecular formula is C26H41NO4. The molecule has 3 N–H and O–H groups in total. The van der Waals surface area contributed by atoms with Crippen LogP contribution in [-0.4, -0.2) is 41.0 Å². The van der Waals surface area contributed by atoms with Crippen LogP contribution < -0.4 is 5.32 Å². The Morgan fingerprint density at radius 3 is 2.03 bits per heavy atom. The molecule has 2 aliphatic carbocycles. The Labute approximate surface area is 187 Å². The summed E-state index contributed by atoms with van der Waals surface area (Å²) in [5, 5.41) is 22.1. The molecule has 0 aromatic heterocycles. The van der Waals surface area contributed by atoms with Crippen molar-refractivity contribution in [3.8, 4) is 0 Å². The summed E-state index contributed by atoms with van der Waals surface area (Å²) in [6, 6.07) is 9.34. The molecule has 0 bridgehead atoms. The predicted octanol–water partition coefficient (Wildman–Crippen LogP) is 5.16. The standard InChI is InChI=1S/C14H18O4.C12H23N/c15-12(14(16)17)9-10-5-1-2-6-11(10)13-7-3-4-8-18-13;1-3-7-11(8-4-1)13-12-9-5-2-6-10-12/h1-2,5-6,12-13,15H,3-4,7-9H2,(H,16,17);11-13H,1-10H2. The minimum absolute atomic E-state index is 0.0379. The van der Waals surface area contributed by atoms with E-state index in [9.17, 15) is 9.90 Å². The number of aliphatic hydroxyl groups excluding tert-OH is 1. The van der Waals surface area contributed by atoms with Crippen LogP contribution in [0, 0.1) is 0 Å². The molecule has 5 heteroatoms. The van der Waals surface area contributed by atoms with Gasteiger partial charge in [0.2, 0.25) is 0 Å². The van der Waals surface area contributed by atoms with E-state index in [0.29, 0.717) is 0 Å². The SMILES string of the molecule is C1CCC(NC2CCCCC2)CC1.O=C(O)C(O)Cc1ccccc1C1CCCCO1. The summed E-state index contributed by atoms with van der Waals surface area (Å²) in [5.74, 6) is -1.19. The van der Waals surface area contributed by atoms with Gasteiger partial charge >= 0.3 is 5.97 Å². The maximum Gasteiger partial charge on any atom is 0.332 e. The lowest BCUT2D eigenvalue weighted by Crippen LogP contribution is -2.40. The number of carbonyl (C=O) groups is 1. The molecule has 0 amide bonds. The Morgan fingerprint density at radius 1 is 0.903 bits per heavy atom. The van der Waals surface area contributed by atoms with Crippen LogP contribution in [0.4, 0.5) is 0 Å². The summed E-state index contributed by atoms with van der Waals surface area (Å²) in [5.41, 5.74) is 1.87. The van der Waals surface area contributed by atoms with Gasteiger partial charge in [0, 0.05) is 25.1 Å². The second-order valence-corrected chi connectivity index (χ2v) is 9.45. The van der Waals surface area contributed by atoms with E-state index in [2.05, 4.69) is 5.32 Å². The summed E-state index contributed by atoms with van der Waals surface area (Å²) in [4.78, 5) is 10.7. The molecule has 31 heavy (non-hydrogen) atoms. The molecular weight excluding hydrogens is 390 g/mol. The molecule has 1 heterocycles. The lowest BCUT2D eigenvalue weighted by Gasteiger charge is -2.30. The molecule has 174 valence electrons. The molecule has 1 aromatic rings. The number of aliphatic carboxylic acids is 1. The second-order valence-electron chi connectivity index (χ2n) is 9.45. The van der Waals surface area contributed by atoms with Gasteiger partial charge in [-0.05, 0) is 56.1 Å². The lowest BCUT2D eigenvalue weighted by atomic mass is 9.91. The largest absolute Gasteiger partial charge is 0.479 e. The predicted molar refractivity (Wildman–Crippen MR) is 123 cm³/mol. The van der Waals surface area contributed by atoms with Gasteiger partial charge in [-0.1, -0.05) is 62.8 Å². The van der Waals surface area contributed by atoms with Gasteiger partial charge in [-0.3, -0.25) is 0 Å². The van der Waals surface area contributed by atoms with E-state index in [-0.39, 0.29) is 12.5 Å². The zero-order valence-electron chi connectivity index (χ0n) is 18.9. The molecule has 1 aromatic carbocycles. The zero-order valence-corrected chi connectivity index (χ0v) is 18.9. The highest BCUT2D eigenvalue weighted by molar-refractivity contribution is 5.72. The van der Waals surface area contributed by atoms with Crippen LogP contribution in [-0.2, 0) is 16.0 Å². The van der Waals surface area contributed by atoms with E-state index in [1.165, 1.54) is 64.2 Å². The molecule has 0 radical (unpaired) electrons. The summed E-state index contributed by atoms with van der Waals surface area (Å²) in [6.07, 6.45) is 16.5. The number of hydrogen-bond donors (Lipinski definition) is 3. The average molecular weight is 432 g/mol. The Bertz CT molecular complexity index is 631. The van der Waals surface area contributed by atoms with Gasteiger partial charge in [0.15, 0.2) is 6.10 Å². The van der Waals surface area contributed by atoms with Gasteiger partial charge in [-0.15, -0.1) is 0 Å². The number of nitrogens with one attached hydrogen (secondary N) is 1. The number of rotatable bonds is 6. The first kappa shape index (κ1) is 24.2. The molecule has 3 fully saturated rings. The second kappa shape index (κ2) is 13.2. The van der Waals surface area contributed by atoms with Gasteiger partial charge in [0.1, 0.15) is 0 Å². The van der Waals surface area contributed by atoms with Gasteiger partial charge in [0.25, 0.3) is 0 Å². The van der Waals surface area contributed by atoms with Gasteiger partial charge in [-0.25, -0.2) is 4.79 Å². The fourth-order valence-corrected chi connectivity index (χ4v) is 5.19. The van der Waals surface area contributed by atoms with E-state index >= 15 is 0 Å². The van der Waals surface area contributed by atoms with E-state index in [1.54, 1.807) is 0 Å². The van der Waals surface area contributed by atoms with Crippen molar-refractivity contribution in [2.45, 2.75) is 114 Å². The third-order valence-corrected chi connectivity index (χ3v) is 6.96. The fourth-order valence-electron chi connectivity index (χ4n) is 5.19. The number of carboxylic acid groups (broad SMARTS) is 1. The highest BCUT2D eigenvalue weighted by Crippen LogP contribution is 2.30. The number of aliphatic hydroxyl groups is 1. The minimum atomic E-state index is -1.35. The van der Waals surface area contributed by atoms with Crippen molar-refractivity contribution < 1.29 is 19.7 Å². The van der Waals surface area contributed by atoms with Crippen LogP contribution in [0.5, 0.6) is 0 Å². The monoisotopic (exact) mass is 431 g/mol. The maximum atomic E-state index is 10.7. The highest BCUT2D eigenvalue weighted by Gasteiger charge is 2.22. The number of benzene rings is 1. The van der Waals surface area contributed by atoms with E-state index in [0.717, 1.165) is 49.1 Å². The topological polar surface area (TPSA) is 78.8 Å². The molecule has 2 saturated carbocycles. The van der Waals surface area contributed by atoms with E-state index < -0.39 is 12.1 Å². The van der Waals surface area contributed by atoms with Crippen LogP contribution in [0.15, 0.2) is 24.3 Å². The average Bonchev–Trinajstić information content (AvgIpc) is 2.82. The summed E-state index contributed by atoms with van der Waals surface area (Å²) in [7, 11) is 0. The third-order valence-electron chi connectivity index (χ3n) is 6.96. The minimum Gasteiger partial charge on any atom is -0.479 e. The number of carboxylic acids is 1. The first-order chi connectivity index (χ1) is 15.1. The molecule has 1 aliphatic heterocycles. The molecule has 2 atom stereocenters. The summed E-state index contributed by atoms with van der Waals surface area (Å²) in [6.45, 7) is 0.750. The van der Waals surface area contributed by atoms with E-state index in [4.69, 9.17) is 9.84 Å². The smallest absolute Gasteiger partial charge is 0.332 e. The summed E-state index contributed by atoms with van der Waals surface area (Å²) < 4.78 is 5.72. The number of ether oxygens (including phenoxy) is 1. The van der Waals surface area contributed by atoms with E-state index in [1.807, 2.05) is 24.3 Å². The normalized spacial score (nSPS) is 24.1. The lowest BCUT2D eigenvalue weighted by molar-refractivity contribution is -0.146. The van der Waals surface area contributed by atoms with Gasteiger partial charge in [0.05, 0.1) is 6.10 Å².